The Morgan fingerprint density at radius 1 is 1.21 bits per heavy atom. The number of piperidine rings is 1. The van der Waals surface area contributed by atoms with Crippen molar-refractivity contribution in [2.24, 2.45) is 0 Å². The maximum atomic E-state index is 12.8. The highest BCUT2D eigenvalue weighted by Crippen LogP contribution is 2.32. The molecule has 0 bridgehead atoms. The molecule has 7 heteroatoms. The molecule has 24 heavy (non-hydrogen) atoms. The number of fused-ring (bicyclic) bond motifs is 1. The number of carbonyl (C=O) groups excluding carboxylic acids is 1. The highest BCUT2D eigenvalue weighted by Gasteiger charge is 2.41. The Labute approximate surface area is 143 Å². The lowest BCUT2D eigenvalue weighted by Gasteiger charge is -2.38. The molecule has 0 saturated carbocycles. The summed E-state index contributed by atoms with van der Waals surface area (Å²) in [4.78, 5) is 27.2. The molecule has 1 aromatic heterocycles. The average Bonchev–Trinajstić information content (AvgIpc) is 3.20. The van der Waals surface area contributed by atoms with Crippen molar-refractivity contribution in [3.8, 4) is 0 Å². The first-order valence-electron chi connectivity index (χ1n) is 8.27. The van der Waals surface area contributed by atoms with Gasteiger partial charge in [-0.25, -0.2) is 0 Å². The quantitative estimate of drug-likeness (QED) is 0.833. The predicted octanol–water partition coefficient (Wildman–Crippen LogP) is 1.99. The topological polar surface area (TPSA) is 60.8 Å². The maximum absolute atomic E-state index is 12.8. The van der Waals surface area contributed by atoms with Crippen LogP contribution in [0.3, 0.4) is 0 Å². The van der Waals surface area contributed by atoms with Gasteiger partial charge in [0.05, 0.1) is 23.3 Å². The summed E-state index contributed by atoms with van der Waals surface area (Å²) in [7, 11) is 0. The number of carbonyl (C=O) groups is 1. The molecular formula is C17H20N2O4S. The third-order valence-corrected chi connectivity index (χ3v) is 6.11. The monoisotopic (exact) mass is 348 g/mol. The average molecular weight is 348 g/mol. The van der Waals surface area contributed by atoms with Gasteiger partial charge in [-0.15, -0.1) is 0 Å². The number of nitrogens with zero attached hydrogens (tertiary/aromatic N) is 2. The molecule has 2 aliphatic heterocycles. The summed E-state index contributed by atoms with van der Waals surface area (Å²) in [6.45, 7) is 4.25. The minimum atomic E-state index is -0.492. The van der Waals surface area contributed by atoms with Gasteiger partial charge >= 0.3 is 0 Å². The van der Waals surface area contributed by atoms with Crippen molar-refractivity contribution in [1.82, 2.24) is 8.86 Å². The molecule has 1 atom stereocenters. The number of ether oxygens (including phenoxy) is 2. The zero-order valence-corrected chi connectivity index (χ0v) is 14.4. The first-order chi connectivity index (χ1) is 11.6. The molecule has 1 aromatic carbocycles. The van der Waals surface area contributed by atoms with E-state index >= 15 is 0 Å². The summed E-state index contributed by atoms with van der Waals surface area (Å²) in [6.07, 6.45) is 1.37. The molecule has 6 nitrogen and oxygen atoms in total. The lowest BCUT2D eigenvalue weighted by Crippen LogP contribution is -2.49. The number of benzene rings is 1. The van der Waals surface area contributed by atoms with Crippen molar-refractivity contribution in [1.29, 1.82) is 0 Å². The fourth-order valence-electron chi connectivity index (χ4n) is 3.46. The molecule has 4 rings (SSSR count). The molecule has 2 aliphatic rings. The summed E-state index contributed by atoms with van der Waals surface area (Å²) >= 11 is 1.35. The molecular weight excluding hydrogens is 328 g/mol. The molecule has 2 aromatic rings. The van der Waals surface area contributed by atoms with Crippen LogP contribution in [0, 0.1) is 0 Å². The smallest absolute Gasteiger partial charge is 0.269 e. The third-order valence-electron chi connectivity index (χ3n) is 4.87. The number of aromatic nitrogens is 1. The van der Waals surface area contributed by atoms with Crippen LogP contribution in [0.2, 0.25) is 0 Å². The van der Waals surface area contributed by atoms with Crippen LogP contribution in [-0.2, 0) is 14.3 Å². The van der Waals surface area contributed by atoms with E-state index in [4.69, 9.17) is 9.47 Å². The van der Waals surface area contributed by atoms with Crippen LogP contribution in [0.5, 0.6) is 0 Å². The van der Waals surface area contributed by atoms with Crippen LogP contribution in [-0.4, -0.2) is 46.9 Å². The van der Waals surface area contributed by atoms with Gasteiger partial charge in [0.1, 0.15) is 6.04 Å². The van der Waals surface area contributed by atoms with E-state index in [1.54, 1.807) is 16.9 Å². The fraction of sp³-hybridized carbons (Fsp3) is 0.529. The Morgan fingerprint density at radius 3 is 2.54 bits per heavy atom. The fourth-order valence-corrected chi connectivity index (χ4v) is 4.50. The summed E-state index contributed by atoms with van der Waals surface area (Å²) in [6, 6.07) is 6.98. The van der Waals surface area contributed by atoms with E-state index in [1.165, 1.54) is 11.5 Å². The maximum Gasteiger partial charge on any atom is 0.269 e. The zero-order chi connectivity index (χ0) is 16.7. The van der Waals surface area contributed by atoms with Gasteiger partial charge in [0.15, 0.2) is 5.79 Å². The molecule has 1 amide bonds. The van der Waals surface area contributed by atoms with E-state index in [1.807, 2.05) is 23.1 Å². The second-order valence-corrected chi connectivity index (χ2v) is 7.34. The lowest BCUT2D eigenvalue weighted by atomic mass is 10.0. The molecule has 2 saturated heterocycles. The van der Waals surface area contributed by atoms with Crippen LogP contribution in [0.15, 0.2) is 29.1 Å². The highest BCUT2D eigenvalue weighted by atomic mass is 32.1. The van der Waals surface area contributed by atoms with E-state index in [-0.39, 0.29) is 11.5 Å². The molecule has 1 spiro atoms. The molecule has 0 radical (unpaired) electrons. The Morgan fingerprint density at radius 2 is 1.88 bits per heavy atom. The van der Waals surface area contributed by atoms with Crippen LogP contribution in [0.1, 0.15) is 25.8 Å². The van der Waals surface area contributed by atoms with Crippen LogP contribution < -0.4 is 5.56 Å². The van der Waals surface area contributed by atoms with Crippen LogP contribution >= 0.6 is 11.5 Å². The Kier molecular flexibility index (Phi) is 3.94. The molecule has 2 fully saturated rings. The first kappa shape index (κ1) is 15.8. The van der Waals surface area contributed by atoms with Gasteiger partial charge in [0.25, 0.3) is 5.56 Å². The number of rotatable bonds is 2. The SMILES string of the molecule is C[C@@H](C(=O)N1CCC2(CC1)OCCO2)n1sc2ccccc2c1=O. The first-order valence-corrected chi connectivity index (χ1v) is 9.04. The number of hydrogen-bond donors (Lipinski definition) is 0. The highest BCUT2D eigenvalue weighted by molar-refractivity contribution is 7.14. The third kappa shape index (κ3) is 2.56. The van der Waals surface area contributed by atoms with Gasteiger partial charge in [-0.3, -0.25) is 13.5 Å². The Balaban J connectivity index is 1.51. The number of amides is 1. The van der Waals surface area contributed by atoms with Crippen molar-refractivity contribution < 1.29 is 14.3 Å². The minimum Gasteiger partial charge on any atom is -0.347 e. The van der Waals surface area contributed by atoms with Crippen LogP contribution in [0.25, 0.3) is 10.1 Å². The molecule has 128 valence electrons. The largest absolute Gasteiger partial charge is 0.347 e. The minimum absolute atomic E-state index is 0.0171. The summed E-state index contributed by atoms with van der Waals surface area (Å²) in [5.74, 6) is -0.509. The summed E-state index contributed by atoms with van der Waals surface area (Å²) in [5.41, 5.74) is -0.0904. The standard InChI is InChI=1S/C17H20N2O4S/c1-12(19-16(21)13-4-2-3-5-14(13)24-19)15(20)18-8-6-17(7-9-18)22-10-11-23-17/h2-5,12H,6-11H2,1H3/t12-/m0/s1. The molecule has 3 heterocycles. The van der Waals surface area contributed by atoms with Gasteiger partial charge < -0.3 is 14.4 Å². The second kappa shape index (κ2) is 5.98. The van der Waals surface area contributed by atoms with Crippen molar-refractivity contribution in [3.63, 3.8) is 0 Å². The van der Waals surface area contributed by atoms with Crippen LogP contribution in [0.4, 0.5) is 0 Å². The molecule has 0 unspecified atom stereocenters. The van der Waals surface area contributed by atoms with Gasteiger partial charge in [0.2, 0.25) is 5.91 Å². The van der Waals surface area contributed by atoms with Gasteiger partial charge in [-0.2, -0.15) is 0 Å². The van der Waals surface area contributed by atoms with Crippen molar-refractivity contribution >= 4 is 27.5 Å². The van der Waals surface area contributed by atoms with Crippen molar-refractivity contribution in [3.05, 3.63) is 34.6 Å². The van der Waals surface area contributed by atoms with E-state index < -0.39 is 11.8 Å². The van der Waals surface area contributed by atoms with E-state index in [0.29, 0.717) is 44.5 Å². The van der Waals surface area contributed by atoms with Gasteiger partial charge in [-0.1, -0.05) is 23.7 Å². The summed E-state index contributed by atoms with van der Waals surface area (Å²) < 4.78 is 13.9. The Hall–Kier alpha value is -1.70. The number of hydrogen-bond acceptors (Lipinski definition) is 5. The van der Waals surface area contributed by atoms with E-state index in [0.717, 1.165) is 4.70 Å². The lowest BCUT2D eigenvalue weighted by molar-refractivity contribution is -0.188. The number of likely N-dealkylation sites (tertiary alicyclic amines) is 1. The van der Waals surface area contributed by atoms with Crippen molar-refractivity contribution in [2.75, 3.05) is 26.3 Å². The predicted molar refractivity (Wildman–Crippen MR) is 91.2 cm³/mol. The van der Waals surface area contributed by atoms with E-state index in [2.05, 4.69) is 0 Å². The Bertz CT molecular complexity index is 811. The normalized spacial score (nSPS) is 21.5. The van der Waals surface area contributed by atoms with Crippen molar-refractivity contribution in [2.45, 2.75) is 31.6 Å². The molecule has 0 N–H and O–H groups in total. The second-order valence-electron chi connectivity index (χ2n) is 6.33. The molecule has 0 aliphatic carbocycles. The zero-order valence-electron chi connectivity index (χ0n) is 13.6. The van der Waals surface area contributed by atoms with Gasteiger partial charge in [0, 0.05) is 25.9 Å². The summed E-state index contributed by atoms with van der Waals surface area (Å²) in [5, 5.41) is 0.674. The van der Waals surface area contributed by atoms with E-state index in [9.17, 15) is 9.59 Å². The van der Waals surface area contributed by atoms with Gasteiger partial charge in [-0.05, 0) is 19.1 Å².